The first-order valence-corrected chi connectivity index (χ1v) is 6.63. The van der Waals surface area contributed by atoms with Crippen LogP contribution in [-0.4, -0.2) is 21.9 Å². The third-order valence-electron chi connectivity index (χ3n) is 2.34. The maximum atomic E-state index is 11.7. The molecule has 0 bridgehead atoms. The van der Waals surface area contributed by atoms with Crippen LogP contribution in [0.1, 0.15) is 0 Å². The molecule has 5 heteroatoms. The second kappa shape index (κ2) is 6.15. The second-order valence-corrected chi connectivity index (χ2v) is 4.93. The number of rotatable bonds is 4. The van der Waals surface area contributed by atoms with E-state index in [-0.39, 0.29) is 23.2 Å². The fourth-order valence-electron chi connectivity index (χ4n) is 1.46. The van der Waals surface area contributed by atoms with Crippen molar-refractivity contribution in [2.45, 2.75) is 4.90 Å². The zero-order valence-electron chi connectivity index (χ0n) is 10.0. The molecule has 0 saturated heterocycles. The Morgan fingerprint density at radius 3 is 2.47 bits per heavy atom. The molecule has 4 nitrogen and oxygen atoms in total. The Morgan fingerprint density at radius 1 is 1.05 bits per heavy atom. The number of amides is 1. The lowest BCUT2D eigenvalue weighted by Crippen LogP contribution is -2.13. The zero-order chi connectivity index (χ0) is 13.7. The summed E-state index contributed by atoms with van der Waals surface area (Å²) in [6.45, 7) is 0. The van der Waals surface area contributed by atoms with Crippen LogP contribution in [0, 0.1) is 0 Å². The van der Waals surface area contributed by atoms with E-state index in [1.165, 1.54) is 23.9 Å². The summed E-state index contributed by atoms with van der Waals surface area (Å²) in [6.07, 6.45) is 0. The molecular weight excluding hydrogens is 262 g/mol. The van der Waals surface area contributed by atoms with E-state index in [0.717, 1.165) is 4.90 Å². The smallest absolute Gasteiger partial charge is 0.234 e. The Labute approximate surface area is 115 Å². The van der Waals surface area contributed by atoms with Gasteiger partial charge < -0.3 is 15.5 Å². The van der Waals surface area contributed by atoms with E-state index < -0.39 is 0 Å². The fourth-order valence-corrected chi connectivity index (χ4v) is 2.21. The molecular formula is C14H13NO3S. The van der Waals surface area contributed by atoms with E-state index >= 15 is 0 Å². The van der Waals surface area contributed by atoms with Gasteiger partial charge in [-0.1, -0.05) is 6.07 Å². The van der Waals surface area contributed by atoms with Crippen LogP contribution in [0.25, 0.3) is 0 Å². The highest BCUT2D eigenvalue weighted by molar-refractivity contribution is 8.00. The highest BCUT2D eigenvalue weighted by Gasteiger charge is 2.04. The number of carbonyl (C=O) groups excluding carboxylic acids is 1. The van der Waals surface area contributed by atoms with Crippen LogP contribution in [0.15, 0.2) is 53.4 Å². The van der Waals surface area contributed by atoms with Gasteiger partial charge in [0.05, 0.1) is 5.75 Å². The maximum Gasteiger partial charge on any atom is 0.234 e. The summed E-state index contributed by atoms with van der Waals surface area (Å²) in [5.41, 5.74) is 0.638. The number of aromatic hydroxyl groups is 2. The van der Waals surface area contributed by atoms with E-state index in [4.69, 9.17) is 5.11 Å². The molecule has 0 spiro atoms. The SMILES string of the molecule is O=C(CSc1cccc(O)c1)Nc1ccc(O)cc1. The van der Waals surface area contributed by atoms with Crippen LogP contribution in [0.2, 0.25) is 0 Å². The average molecular weight is 275 g/mol. The van der Waals surface area contributed by atoms with Gasteiger partial charge in [0, 0.05) is 10.6 Å². The summed E-state index contributed by atoms with van der Waals surface area (Å²) in [4.78, 5) is 12.5. The number of hydrogen-bond donors (Lipinski definition) is 3. The zero-order valence-corrected chi connectivity index (χ0v) is 10.9. The van der Waals surface area contributed by atoms with Crippen LogP contribution in [0.4, 0.5) is 5.69 Å². The molecule has 2 aromatic rings. The van der Waals surface area contributed by atoms with Gasteiger partial charge in [0.15, 0.2) is 0 Å². The van der Waals surface area contributed by atoms with E-state index in [9.17, 15) is 9.90 Å². The fraction of sp³-hybridized carbons (Fsp3) is 0.0714. The molecule has 0 saturated carbocycles. The minimum atomic E-state index is -0.140. The van der Waals surface area contributed by atoms with Crippen molar-refractivity contribution in [1.29, 1.82) is 0 Å². The second-order valence-electron chi connectivity index (χ2n) is 3.88. The third kappa shape index (κ3) is 4.22. The standard InChI is InChI=1S/C14H13NO3S/c16-11-6-4-10(5-7-11)15-14(18)9-19-13-3-1-2-12(17)8-13/h1-8,16-17H,9H2,(H,15,18). The molecule has 98 valence electrons. The topological polar surface area (TPSA) is 69.6 Å². The van der Waals surface area contributed by atoms with Crippen molar-refractivity contribution in [2.24, 2.45) is 0 Å². The number of hydrogen-bond acceptors (Lipinski definition) is 4. The van der Waals surface area contributed by atoms with E-state index in [0.29, 0.717) is 5.69 Å². The third-order valence-corrected chi connectivity index (χ3v) is 3.33. The molecule has 0 aliphatic heterocycles. The maximum absolute atomic E-state index is 11.7. The van der Waals surface area contributed by atoms with Crippen molar-refractivity contribution >= 4 is 23.4 Å². The number of phenols is 2. The van der Waals surface area contributed by atoms with Crippen LogP contribution in [0.5, 0.6) is 11.5 Å². The number of nitrogens with one attached hydrogen (secondary N) is 1. The summed E-state index contributed by atoms with van der Waals surface area (Å²) in [5.74, 6) is 0.458. The van der Waals surface area contributed by atoms with Crippen molar-refractivity contribution in [3.05, 3.63) is 48.5 Å². The molecule has 0 atom stereocenters. The Balaban J connectivity index is 1.86. The molecule has 0 unspecified atom stereocenters. The molecule has 2 rings (SSSR count). The molecule has 3 N–H and O–H groups in total. The molecule has 0 aliphatic carbocycles. The van der Waals surface area contributed by atoms with Crippen molar-refractivity contribution in [3.8, 4) is 11.5 Å². The van der Waals surface area contributed by atoms with E-state index in [2.05, 4.69) is 5.32 Å². The lowest BCUT2D eigenvalue weighted by atomic mass is 10.3. The van der Waals surface area contributed by atoms with Gasteiger partial charge in [-0.05, 0) is 42.5 Å². The van der Waals surface area contributed by atoms with Gasteiger partial charge in [-0.15, -0.1) is 11.8 Å². The van der Waals surface area contributed by atoms with Crippen molar-refractivity contribution < 1.29 is 15.0 Å². The van der Waals surface area contributed by atoms with Crippen LogP contribution in [-0.2, 0) is 4.79 Å². The quantitative estimate of drug-likeness (QED) is 0.593. The van der Waals surface area contributed by atoms with Crippen molar-refractivity contribution in [1.82, 2.24) is 0 Å². The largest absolute Gasteiger partial charge is 0.508 e. The van der Waals surface area contributed by atoms with Gasteiger partial charge in [-0.25, -0.2) is 0 Å². The first-order valence-electron chi connectivity index (χ1n) is 5.64. The number of anilines is 1. The Hall–Kier alpha value is -2.14. The molecule has 19 heavy (non-hydrogen) atoms. The van der Waals surface area contributed by atoms with Crippen molar-refractivity contribution in [3.63, 3.8) is 0 Å². The minimum absolute atomic E-state index is 0.140. The van der Waals surface area contributed by atoms with Gasteiger partial charge in [0.1, 0.15) is 11.5 Å². The van der Waals surface area contributed by atoms with Crippen molar-refractivity contribution in [2.75, 3.05) is 11.1 Å². The molecule has 0 heterocycles. The summed E-state index contributed by atoms with van der Waals surface area (Å²) in [6, 6.07) is 13.0. The molecule has 1 amide bonds. The van der Waals surface area contributed by atoms with Crippen LogP contribution < -0.4 is 5.32 Å². The first kappa shape index (κ1) is 13.3. The summed E-state index contributed by atoms with van der Waals surface area (Å²) in [7, 11) is 0. The molecule has 0 aromatic heterocycles. The molecule has 0 radical (unpaired) electrons. The summed E-state index contributed by atoms with van der Waals surface area (Å²) in [5, 5.41) is 21.2. The van der Waals surface area contributed by atoms with E-state index in [1.807, 2.05) is 6.07 Å². The Kier molecular flexibility index (Phi) is 4.30. The van der Waals surface area contributed by atoms with Gasteiger partial charge in [0.25, 0.3) is 0 Å². The first-order chi connectivity index (χ1) is 9.13. The lowest BCUT2D eigenvalue weighted by molar-refractivity contribution is -0.113. The van der Waals surface area contributed by atoms with Crippen LogP contribution >= 0.6 is 11.8 Å². The number of carbonyl (C=O) groups is 1. The Bertz CT molecular complexity index is 569. The van der Waals surface area contributed by atoms with Gasteiger partial charge in [0.2, 0.25) is 5.91 Å². The highest BCUT2D eigenvalue weighted by Crippen LogP contribution is 2.22. The van der Waals surface area contributed by atoms with E-state index in [1.54, 1.807) is 30.3 Å². The number of benzene rings is 2. The summed E-state index contributed by atoms with van der Waals surface area (Å²) < 4.78 is 0. The number of thioether (sulfide) groups is 1. The van der Waals surface area contributed by atoms with Gasteiger partial charge in [-0.3, -0.25) is 4.79 Å². The predicted molar refractivity (Wildman–Crippen MR) is 75.6 cm³/mol. The number of phenolic OH excluding ortho intramolecular Hbond substituents is 2. The molecule has 0 fully saturated rings. The van der Waals surface area contributed by atoms with Gasteiger partial charge >= 0.3 is 0 Å². The predicted octanol–water partition coefficient (Wildman–Crippen LogP) is 2.83. The molecule has 0 aliphatic rings. The minimum Gasteiger partial charge on any atom is -0.508 e. The highest BCUT2D eigenvalue weighted by atomic mass is 32.2. The average Bonchev–Trinajstić information content (AvgIpc) is 2.39. The van der Waals surface area contributed by atoms with Crippen LogP contribution in [0.3, 0.4) is 0 Å². The van der Waals surface area contributed by atoms with Gasteiger partial charge in [-0.2, -0.15) is 0 Å². The molecule has 2 aromatic carbocycles. The summed E-state index contributed by atoms with van der Waals surface area (Å²) >= 11 is 1.34. The monoisotopic (exact) mass is 275 g/mol. The Morgan fingerprint density at radius 2 is 1.79 bits per heavy atom. The lowest BCUT2D eigenvalue weighted by Gasteiger charge is -2.05. The normalized spacial score (nSPS) is 10.1.